The predicted octanol–water partition coefficient (Wildman–Crippen LogP) is 3.03. The fraction of sp³-hybridized carbons (Fsp3) is 0.429. The van der Waals surface area contributed by atoms with Gasteiger partial charge in [0.25, 0.3) is 0 Å². The number of aryl methyl sites for hydroxylation is 1. The normalized spacial score (nSPS) is 12.7. The first kappa shape index (κ1) is 14.0. The van der Waals surface area contributed by atoms with E-state index in [4.69, 9.17) is 10.5 Å². The summed E-state index contributed by atoms with van der Waals surface area (Å²) in [5, 5.41) is 4.19. The molecule has 1 aromatic carbocycles. The lowest BCUT2D eigenvalue weighted by molar-refractivity contribution is 0.408. The summed E-state index contributed by atoms with van der Waals surface area (Å²) in [7, 11) is 1.66. The molecule has 0 spiro atoms. The molecule has 2 N–H and O–H groups in total. The van der Waals surface area contributed by atoms with Gasteiger partial charge >= 0.3 is 0 Å². The lowest BCUT2D eigenvalue weighted by Crippen LogP contribution is -2.14. The van der Waals surface area contributed by atoms with E-state index in [-0.39, 0.29) is 6.04 Å². The van der Waals surface area contributed by atoms with Gasteiger partial charge in [-0.2, -0.15) is 0 Å². The van der Waals surface area contributed by atoms with Gasteiger partial charge in [0.2, 0.25) is 0 Å². The highest BCUT2D eigenvalue weighted by Gasteiger charge is 2.22. The Kier molecular flexibility index (Phi) is 4.17. The maximum atomic E-state index is 6.40. The van der Waals surface area contributed by atoms with Crippen molar-refractivity contribution in [1.82, 2.24) is 9.59 Å². The molecule has 1 heterocycles. The second-order valence-corrected chi connectivity index (χ2v) is 5.69. The first-order valence-corrected chi connectivity index (χ1v) is 7.04. The minimum absolute atomic E-state index is 0.243. The largest absolute Gasteiger partial charge is 0.496 e. The summed E-state index contributed by atoms with van der Waals surface area (Å²) in [6.07, 6.45) is 0. The van der Waals surface area contributed by atoms with Gasteiger partial charge in [0.1, 0.15) is 5.75 Å². The molecule has 0 saturated carbocycles. The van der Waals surface area contributed by atoms with Crippen LogP contribution in [-0.2, 0) is 0 Å². The highest BCUT2D eigenvalue weighted by Crippen LogP contribution is 2.34. The summed E-state index contributed by atoms with van der Waals surface area (Å²) >= 11 is 1.36. The summed E-state index contributed by atoms with van der Waals surface area (Å²) in [6.45, 7) is 6.24. The zero-order valence-electron chi connectivity index (χ0n) is 11.7. The Balaban J connectivity index is 2.46. The third-order valence-corrected chi connectivity index (χ3v) is 3.91. The maximum Gasteiger partial charge on any atom is 0.124 e. The van der Waals surface area contributed by atoms with Gasteiger partial charge in [0.05, 0.1) is 23.7 Å². The van der Waals surface area contributed by atoms with Gasteiger partial charge in [-0.3, -0.25) is 0 Å². The van der Waals surface area contributed by atoms with Gasteiger partial charge < -0.3 is 10.5 Å². The predicted molar refractivity (Wildman–Crippen MR) is 77.8 cm³/mol. The first-order valence-electron chi connectivity index (χ1n) is 6.26. The Labute approximate surface area is 117 Å². The molecule has 1 atom stereocenters. The minimum Gasteiger partial charge on any atom is -0.496 e. The molecule has 2 rings (SSSR count). The summed E-state index contributed by atoms with van der Waals surface area (Å²) in [5.74, 6) is 1.12. The third kappa shape index (κ3) is 2.77. The van der Waals surface area contributed by atoms with Gasteiger partial charge in [-0.1, -0.05) is 36.0 Å². The van der Waals surface area contributed by atoms with Crippen LogP contribution in [0.4, 0.5) is 0 Å². The number of methoxy groups -OCH3 is 1. The fourth-order valence-electron chi connectivity index (χ4n) is 2.06. The van der Waals surface area contributed by atoms with Crippen LogP contribution in [-0.4, -0.2) is 16.7 Å². The Morgan fingerprint density at radius 3 is 2.68 bits per heavy atom. The minimum atomic E-state index is -0.243. The van der Waals surface area contributed by atoms with E-state index in [0.717, 1.165) is 27.4 Å². The standard InChI is InChI=1S/C14H19N3OS/c1-8(2)13-14(19-17-16-13)12(15)10-7-9(3)5-6-11(10)18-4/h5-8,12H,15H2,1-4H3. The number of nitrogens with zero attached hydrogens (tertiary/aromatic N) is 2. The molecular weight excluding hydrogens is 258 g/mol. The molecule has 0 bridgehead atoms. The van der Waals surface area contributed by atoms with E-state index in [1.165, 1.54) is 11.5 Å². The molecule has 0 aliphatic heterocycles. The van der Waals surface area contributed by atoms with Crippen molar-refractivity contribution >= 4 is 11.5 Å². The first-order chi connectivity index (χ1) is 9.04. The smallest absolute Gasteiger partial charge is 0.124 e. The molecular formula is C14H19N3OS. The van der Waals surface area contributed by atoms with Gasteiger partial charge in [-0.15, -0.1) is 5.10 Å². The molecule has 2 aromatic rings. The van der Waals surface area contributed by atoms with Crippen LogP contribution in [0.15, 0.2) is 18.2 Å². The molecule has 0 amide bonds. The number of hydrogen-bond acceptors (Lipinski definition) is 5. The third-order valence-electron chi connectivity index (χ3n) is 3.09. The van der Waals surface area contributed by atoms with E-state index in [2.05, 4.69) is 29.5 Å². The molecule has 5 heteroatoms. The average molecular weight is 277 g/mol. The number of rotatable bonds is 4. The van der Waals surface area contributed by atoms with Crippen molar-refractivity contribution in [1.29, 1.82) is 0 Å². The second-order valence-electron chi connectivity index (χ2n) is 4.90. The zero-order valence-corrected chi connectivity index (χ0v) is 12.5. The van der Waals surface area contributed by atoms with E-state index in [0.29, 0.717) is 5.92 Å². The fourth-order valence-corrected chi connectivity index (χ4v) is 2.89. The second kappa shape index (κ2) is 5.67. The molecule has 102 valence electrons. The summed E-state index contributed by atoms with van der Waals surface area (Å²) < 4.78 is 9.44. The number of aromatic nitrogens is 2. The summed E-state index contributed by atoms with van der Waals surface area (Å²) in [6, 6.07) is 5.79. The molecule has 0 saturated heterocycles. The van der Waals surface area contributed by atoms with Gasteiger partial charge in [0.15, 0.2) is 0 Å². The van der Waals surface area contributed by atoms with Crippen LogP contribution in [0.5, 0.6) is 5.75 Å². The van der Waals surface area contributed by atoms with Crippen LogP contribution in [0.25, 0.3) is 0 Å². The van der Waals surface area contributed by atoms with E-state index in [1.54, 1.807) is 7.11 Å². The Hall–Kier alpha value is -1.46. The van der Waals surface area contributed by atoms with E-state index in [9.17, 15) is 0 Å². The topological polar surface area (TPSA) is 61.0 Å². The monoisotopic (exact) mass is 277 g/mol. The quantitative estimate of drug-likeness (QED) is 0.933. The number of benzene rings is 1. The Morgan fingerprint density at radius 1 is 1.32 bits per heavy atom. The van der Waals surface area contributed by atoms with Crippen LogP contribution in [0, 0.1) is 6.92 Å². The lowest BCUT2D eigenvalue weighted by Gasteiger charge is -2.16. The van der Waals surface area contributed by atoms with E-state index in [1.807, 2.05) is 19.1 Å². The van der Waals surface area contributed by atoms with Crippen LogP contribution in [0.2, 0.25) is 0 Å². The van der Waals surface area contributed by atoms with Gasteiger partial charge in [-0.25, -0.2) is 0 Å². The Bertz CT molecular complexity index is 566. The van der Waals surface area contributed by atoms with Crippen molar-refractivity contribution < 1.29 is 4.74 Å². The van der Waals surface area contributed by atoms with Crippen molar-refractivity contribution in [2.45, 2.75) is 32.7 Å². The number of hydrogen-bond donors (Lipinski definition) is 1. The van der Waals surface area contributed by atoms with Gasteiger partial charge in [0, 0.05) is 5.56 Å². The average Bonchev–Trinajstić information content (AvgIpc) is 2.87. The SMILES string of the molecule is COc1ccc(C)cc1C(N)c1snnc1C(C)C. The van der Waals surface area contributed by atoms with Crippen molar-refractivity contribution in [3.05, 3.63) is 39.9 Å². The highest BCUT2D eigenvalue weighted by atomic mass is 32.1. The lowest BCUT2D eigenvalue weighted by atomic mass is 9.99. The molecule has 19 heavy (non-hydrogen) atoms. The molecule has 0 fully saturated rings. The molecule has 4 nitrogen and oxygen atoms in total. The zero-order chi connectivity index (χ0) is 14.0. The number of nitrogens with two attached hydrogens (primary N) is 1. The maximum absolute atomic E-state index is 6.40. The van der Waals surface area contributed by atoms with Crippen LogP contribution < -0.4 is 10.5 Å². The molecule has 0 aliphatic rings. The van der Waals surface area contributed by atoms with Crippen molar-refractivity contribution in [3.63, 3.8) is 0 Å². The summed E-state index contributed by atoms with van der Waals surface area (Å²) in [4.78, 5) is 1.01. The van der Waals surface area contributed by atoms with Crippen molar-refractivity contribution in [2.24, 2.45) is 5.73 Å². The van der Waals surface area contributed by atoms with Gasteiger partial charge in [-0.05, 0) is 30.4 Å². The molecule has 1 aromatic heterocycles. The molecule has 0 radical (unpaired) electrons. The Morgan fingerprint density at radius 2 is 2.05 bits per heavy atom. The van der Waals surface area contributed by atoms with Crippen LogP contribution >= 0.6 is 11.5 Å². The van der Waals surface area contributed by atoms with Crippen LogP contribution in [0.1, 0.15) is 47.5 Å². The number of ether oxygens (including phenoxy) is 1. The van der Waals surface area contributed by atoms with Crippen LogP contribution in [0.3, 0.4) is 0 Å². The molecule has 0 aliphatic carbocycles. The van der Waals surface area contributed by atoms with Crippen molar-refractivity contribution in [3.8, 4) is 5.75 Å². The van der Waals surface area contributed by atoms with Crippen molar-refractivity contribution in [2.75, 3.05) is 7.11 Å². The molecule has 1 unspecified atom stereocenters. The highest BCUT2D eigenvalue weighted by molar-refractivity contribution is 7.05. The van der Waals surface area contributed by atoms with E-state index < -0.39 is 0 Å². The summed E-state index contributed by atoms with van der Waals surface area (Å²) in [5.41, 5.74) is 9.51. The van der Waals surface area contributed by atoms with E-state index >= 15 is 0 Å².